The molecule has 34 aromatic rings. The second kappa shape index (κ2) is 52.4. The highest BCUT2D eigenvalue weighted by molar-refractivity contribution is 6.11. The third kappa shape index (κ3) is 27.1. The van der Waals surface area contributed by atoms with E-state index >= 15 is 0 Å². The van der Waals surface area contributed by atoms with Gasteiger partial charge in [0.05, 0.1) is 0 Å². The summed E-state index contributed by atoms with van der Waals surface area (Å²) >= 11 is 0. The van der Waals surface area contributed by atoms with Crippen molar-refractivity contribution in [3.63, 3.8) is 0 Å². The van der Waals surface area contributed by atoms with Gasteiger partial charge in [0, 0.05) is 0 Å². The van der Waals surface area contributed by atoms with Crippen LogP contribution in [0, 0.1) is 0 Å². The average Bonchev–Trinajstić information content (AvgIpc) is 0.778. The molecule has 708 valence electrons. The fourth-order valence-corrected chi connectivity index (χ4v) is 21.7. The molecule has 0 aliphatic heterocycles. The maximum atomic E-state index is 2.62. The van der Waals surface area contributed by atoms with Crippen molar-refractivity contribution in [1.29, 1.82) is 0 Å². The van der Waals surface area contributed by atoms with Gasteiger partial charge in [-0.3, -0.25) is 0 Å². The molecule has 0 fully saturated rings. The fourth-order valence-electron chi connectivity index (χ4n) is 21.7. The first-order valence-corrected chi connectivity index (χ1v) is 54.9. The van der Waals surface area contributed by atoms with Gasteiger partial charge in [-0.05, 0) is 272 Å². The van der Waals surface area contributed by atoms with E-state index in [0.717, 1.165) is 38.5 Å². The first-order valence-electron chi connectivity index (χ1n) is 54.9. The summed E-state index contributed by atoms with van der Waals surface area (Å²) in [6, 6.07) is 128. The first-order chi connectivity index (χ1) is 68.2. The number of benzene rings is 15. The van der Waals surface area contributed by atoms with Crippen molar-refractivity contribution in [2.75, 3.05) is 0 Å². The van der Waals surface area contributed by atoms with E-state index in [1.807, 2.05) is 0 Å². The van der Waals surface area contributed by atoms with Gasteiger partial charge in [-0.2, -0.15) is 0 Å². The lowest BCUT2D eigenvalue weighted by Crippen LogP contribution is -1.97. The molecule has 34 rings (SSSR count). The SMILES string of the molecule is CCCCCCCCc1cc2c3ccc(cc3)c3ccc(cc3)c3ccc(cc3)c3ccc(cc3)c3cc(CCCCCCCC)c(CCCCCCCC)cc3c3ccc(cc3)c3ccc(cc3)c3ccc(cc3)c3ccc(cc3)c3cc(CCCCCCCC)c(CCCCCCCC)cc3c3ccc(cc3)c3ccc(cc3)c3ccc(cc3)c3ccc(cc3)c2cc1CCCCCCCC. The molecule has 0 saturated carbocycles. The molecule has 0 heteroatoms. The summed E-state index contributed by atoms with van der Waals surface area (Å²) in [5.41, 5.74) is 9.26. The summed E-state index contributed by atoms with van der Waals surface area (Å²) < 4.78 is 0. The molecule has 0 heterocycles. The van der Waals surface area contributed by atoms with Crippen LogP contribution in [0.5, 0.6) is 0 Å². The third-order valence-electron chi connectivity index (χ3n) is 30.3. The van der Waals surface area contributed by atoms with Gasteiger partial charge in [0.1, 0.15) is 0 Å². The van der Waals surface area contributed by atoms with Crippen molar-refractivity contribution in [3.8, 4) is 0 Å². The van der Waals surface area contributed by atoms with E-state index < -0.39 is 0 Å². The van der Waals surface area contributed by atoms with Gasteiger partial charge in [0.25, 0.3) is 0 Å². The van der Waals surface area contributed by atoms with E-state index in [0.29, 0.717) is 0 Å². The zero-order valence-electron chi connectivity index (χ0n) is 84.9. The predicted molar refractivity (Wildman–Crippen MR) is 617 cm³/mol. The number of hydrogen-bond donors (Lipinski definition) is 0. The van der Waals surface area contributed by atoms with Crippen molar-refractivity contribution in [1.82, 2.24) is 0 Å². The Hall–Kier alpha value is -11.7. The van der Waals surface area contributed by atoms with Gasteiger partial charge < -0.3 is 0 Å². The molecule has 24 bridgehead atoms. The van der Waals surface area contributed by atoms with Crippen LogP contribution in [0.2, 0.25) is 0 Å². The molecule has 0 aliphatic rings. The van der Waals surface area contributed by atoms with Crippen LogP contribution in [-0.4, -0.2) is 0 Å². The van der Waals surface area contributed by atoms with Gasteiger partial charge in [-0.25, -0.2) is 0 Å². The van der Waals surface area contributed by atoms with Crippen LogP contribution in [0.4, 0.5) is 0 Å². The summed E-state index contributed by atoms with van der Waals surface area (Å²) in [4.78, 5) is 0. The number of unbranched alkanes of at least 4 members (excludes halogenated alkanes) is 30. The van der Waals surface area contributed by atoms with E-state index in [1.165, 1.54) is 393 Å². The highest BCUT2D eigenvalue weighted by Gasteiger charge is 2.15. The Bertz CT molecular complexity index is 5950. The number of rotatable bonds is 42. The van der Waals surface area contributed by atoms with Gasteiger partial charge in [-0.15, -0.1) is 0 Å². The second-order valence-electron chi connectivity index (χ2n) is 40.5. The molecule has 0 aromatic heterocycles. The largest absolute Gasteiger partial charge is 0.0654 e. The smallest absolute Gasteiger partial charge is 0.0102 e. The minimum atomic E-state index is 1.13. The zero-order chi connectivity index (χ0) is 94.7. The minimum Gasteiger partial charge on any atom is -0.0654 e. The second-order valence-corrected chi connectivity index (χ2v) is 40.5. The summed E-state index contributed by atoms with van der Waals surface area (Å²) in [5, 5.41) is 37.8. The minimum absolute atomic E-state index is 1.13. The highest BCUT2D eigenvalue weighted by Crippen LogP contribution is 2.37. The lowest BCUT2D eigenvalue weighted by Gasteiger charge is -2.13. The monoisotopic (exact) mass is 1810 g/mol. The Morgan fingerprint density at radius 3 is 0.268 bits per heavy atom. The summed E-state index contributed by atoms with van der Waals surface area (Å²) in [6.07, 6.45) is 53.6. The lowest BCUT2D eigenvalue weighted by molar-refractivity contribution is 0.599. The molecule has 0 saturated heterocycles. The Morgan fingerprint density at radius 1 is 0.0942 bits per heavy atom. The average molecular weight is 1810 g/mol. The van der Waals surface area contributed by atoms with Crippen molar-refractivity contribution < 1.29 is 0 Å². The Balaban J connectivity index is 0.821. The molecular weight excluding hydrogens is 1660 g/mol. The molecule has 0 spiro atoms. The molecule has 138 heavy (non-hydrogen) atoms. The maximum absolute atomic E-state index is 2.62. The van der Waals surface area contributed by atoms with Crippen molar-refractivity contribution >= 4 is 162 Å². The van der Waals surface area contributed by atoms with Gasteiger partial charge in [-0.1, -0.05) is 562 Å². The quantitative estimate of drug-likeness (QED) is 0.0335. The molecule has 0 radical (unpaired) electrons. The van der Waals surface area contributed by atoms with Crippen molar-refractivity contribution in [2.24, 2.45) is 0 Å². The van der Waals surface area contributed by atoms with Crippen LogP contribution < -0.4 is 0 Å². The van der Waals surface area contributed by atoms with Crippen LogP contribution >= 0.6 is 0 Å². The molecule has 0 atom stereocenters. The van der Waals surface area contributed by atoms with E-state index in [1.54, 1.807) is 33.4 Å². The molecule has 0 unspecified atom stereocenters. The standard InChI is InChI=1S/C138H156/c1-7-13-19-25-31-37-43-127-97-133-121-85-73-115(74-86-121)109-61-49-103(50-62-109)105-53-65-111(66-54-105)117-77-89-123(90-78-117)135-99-129(45-39-33-27-21-15-9-3)131(47-41-35-29-23-17-11-5)101-137(135)125-93-81-119(82-94-125)113-69-57-107(58-70-113)108-59-71-114(72-60-108)120-83-95-126(96-84-120)138-102-132(48-42-36-30-24-18-12-6)130(46-40-34-28-22-16-10-4)100-136(138)124-91-79-118(80-92-124)112-67-55-106(56-68-112)104-51-63-110(64-52-104)116-75-87-122(88-76-116)134(133)98-128(127)44-38-32-26-20-14-8-2/h49-102H,7-48H2,1-6H3. The Labute approximate surface area is 827 Å². The topological polar surface area (TPSA) is 0 Å². The number of aryl methyl sites for hydroxylation is 6. The summed E-state index contributed by atoms with van der Waals surface area (Å²) in [5.74, 6) is 0. The van der Waals surface area contributed by atoms with Crippen LogP contribution in [0.1, 0.15) is 306 Å². The van der Waals surface area contributed by atoms with Crippen LogP contribution in [0.25, 0.3) is 162 Å². The maximum Gasteiger partial charge on any atom is -0.0102 e. The Kier molecular flexibility index (Phi) is 37.7. The van der Waals surface area contributed by atoms with Crippen LogP contribution in [0.15, 0.2) is 328 Å². The van der Waals surface area contributed by atoms with Gasteiger partial charge in [0.2, 0.25) is 0 Å². The fraction of sp³-hybridized carbons (Fsp3) is 0.348. The molecular formula is C138H156. The summed E-state index contributed by atoms with van der Waals surface area (Å²) in [6.45, 7) is 14.0. The van der Waals surface area contributed by atoms with E-state index in [-0.39, 0.29) is 0 Å². The number of hydrogen-bond acceptors (Lipinski definition) is 0. The van der Waals surface area contributed by atoms with E-state index in [9.17, 15) is 0 Å². The highest BCUT2D eigenvalue weighted by atomic mass is 14.2. The van der Waals surface area contributed by atoms with Gasteiger partial charge in [0.15, 0.2) is 0 Å². The van der Waals surface area contributed by atoms with Crippen LogP contribution in [0.3, 0.4) is 0 Å². The predicted octanol–water partition coefficient (Wildman–Crippen LogP) is 43.1. The van der Waals surface area contributed by atoms with Crippen molar-refractivity contribution in [2.45, 2.75) is 311 Å². The van der Waals surface area contributed by atoms with Crippen molar-refractivity contribution in [3.05, 3.63) is 361 Å². The normalized spacial score (nSPS) is 11.6. The van der Waals surface area contributed by atoms with E-state index in [4.69, 9.17) is 0 Å². The molecule has 34 aromatic carbocycles. The Morgan fingerprint density at radius 2 is 0.174 bits per heavy atom. The van der Waals surface area contributed by atoms with Gasteiger partial charge >= 0.3 is 0 Å². The lowest BCUT2D eigenvalue weighted by atomic mass is 9.91. The molecule has 0 nitrogen and oxygen atoms in total. The zero-order valence-corrected chi connectivity index (χ0v) is 84.9. The molecule has 0 amide bonds. The molecule has 0 N–H and O–H groups in total. The summed E-state index contributed by atoms with van der Waals surface area (Å²) in [7, 11) is 0. The van der Waals surface area contributed by atoms with Crippen LogP contribution in [-0.2, 0) is 38.5 Å². The van der Waals surface area contributed by atoms with E-state index in [2.05, 4.69) is 369 Å². The molecule has 0 aliphatic carbocycles. The third-order valence-corrected chi connectivity index (χ3v) is 30.3. The first kappa shape index (κ1) is 99.3.